The fraction of sp³-hybridized carbons (Fsp3) is 0.579. The number of hydrogen-bond acceptors (Lipinski definition) is 4. The molecule has 0 spiro atoms. The molecule has 27 heavy (non-hydrogen) atoms. The maximum atomic E-state index is 11.6. The minimum absolute atomic E-state index is 0. The molecule has 0 aromatic heterocycles. The van der Waals surface area contributed by atoms with Gasteiger partial charge in [-0.15, -0.1) is 24.0 Å². The third kappa shape index (κ3) is 8.23. The van der Waals surface area contributed by atoms with Crippen LogP contribution in [0.3, 0.4) is 0 Å². The van der Waals surface area contributed by atoms with Crippen LogP contribution >= 0.6 is 24.0 Å². The Morgan fingerprint density at radius 1 is 1.07 bits per heavy atom. The molecule has 0 radical (unpaired) electrons. The lowest BCUT2D eigenvalue weighted by Crippen LogP contribution is -2.53. The molecule has 0 aliphatic carbocycles. The molecule has 1 saturated heterocycles. The van der Waals surface area contributed by atoms with Crippen molar-refractivity contribution in [2.75, 3.05) is 51.2 Å². The molecule has 1 aliphatic heterocycles. The highest BCUT2D eigenvalue weighted by Gasteiger charge is 2.20. The SMILES string of the molecule is CN=C(NCCNC(=O)OC(C)(C)C)N1CCN(c2ccccc2)CC1.I. The molecule has 0 saturated carbocycles. The largest absolute Gasteiger partial charge is 0.444 e. The molecule has 0 bridgehead atoms. The number of alkyl carbamates (subject to hydrolysis) is 1. The molecule has 1 fully saturated rings. The van der Waals surface area contributed by atoms with E-state index in [2.05, 4.69) is 49.7 Å². The summed E-state index contributed by atoms with van der Waals surface area (Å²) in [5.41, 5.74) is 0.781. The number of ether oxygens (including phenoxy) is 1. The summed E-state index contributed by atoms with van der Waals surface area (Å²) in [6, 6.07) is 10.5. The molecule has 152 valence electrons. The topological polar surface area (TPSA) is 69.2 Å². The second kappa shape index (κ2) is 11.2. The predicted octanol–water partition coefficient (Wildman–Crippen LogP) is 2.53. The molecule has 1 aromatic carbocycles. The Kier molecular flexibility index (Phi) is 9.68. The first-order valence-corrected chi connectivity index (χ1v) is 9.11. The van der Waals surface area contributed by atoms with Crippen molar-refractivity contribution in [3.05, 3.63) is 30.3 Å². The second-order valence-corrected chi connectivity index (χ2v) is 7.21. The van der Waals surface area contributed by atoms with E-state index in [1.807, 2.05) is 26.8 Å². The number of hydrogen-bond donors (Lipinski definition) is 2. The van der Waals surface area contributed by atoms with E-state index in [0.29, 0.717) is 13.1 Å². The number of nitrogens with zero attached hydrogens (tertiary/aromatic N) is 3. The van der Waals surface area contributed by atoms with Gasteiger partial charge >= 0.3 is 6.09 Å². The van der Waals surface area contributed by atoms with Gasteiger partial charge in [0.15, 0.2) is 5.96 Å². The van der Waals surface area contributed by atoms with Crippen molar-refractivity contribution in [1.29, 1.82) is 0 Å². The third-order valence-corrected chi connectivity index (χ3v) is 3.99. The van der Waals surface area contributed by atoms with Crippen molar-refractivity contribution >= 4 is 41.7 Å². The van der Waals surface area contributed by atoms with Gasteiger partial charge in [-0.3, -0.25) is 4.99 Å². The summed E-state index contributed by atoms with van der Waals surface area (Å²) in [7, 11) is 1.78. The molecule has 1 heterocycles. The second-order valence-electron chi connectivity index (χ2n) is 7.21. The molecule has 7 nitrogen and oxygen atoms in total. The quantitative estimate of drug-likeness (QED) is 0.295. The highest BCUT2D eigenvalue weighted by molar-refractivity contribution is 14.0. The normalized spacial score (nSPS) is 15.0. The summed E-state index contributed by atoms with van der Waals surface area (Å²) >= 11 is 0. The number of carbonyl (C=O) groups is 1. The molecule has 1 aliphatic rings. The molecule has 2 rings (SSSR count). The zero-order valence-corrected chi connectivity index (χ0v) is 19.0. The smallest absolute Gasteiger partial charge is 0.407 e. The summed E-state index contributed by atoms with van der Waals surface area (Å²) in [5, 5.41) is 6.04. The number of carbonyl (C=O) groups excluding carboxylic acids is 1. The molecule has 0 unspecified atom stereocenters. The fourth-order valence-electron chi connectivity index (χ4n) is 2.80. The van der Waals surface area contributed by atoms with Crippen LogP contribution in [-0.4, -0.2) is 68.9 Å². The Morgan fingerprint density at radius 2 is 1.67 bits per heavy atom. The van der Waals surface area contributed by atoms with E-state index in [9.17, 15) is 4.79 Å². The average molecular weight is 489 g/mol. The van der Waals surface area contributed by atoms with Crippen molar-refractivity contribution in [2.24, 2.45) is 4.99 Å². The summed E-state index contributed by atoms with van der Waals surface area (Å²) in [6.07, 6.45) is -0.397. The number of guanidine groups is 1. The average Bonchev–Trinajstić information content (AvgIpc) is 2.61. The Hall–Kier alpha value is -1.71. The minimum atomic E-state index is -0.480. The maximum absolute atomic E-state index is 11.6. The molecule has 1 amide bonds. The maximum Gasteiger partial charge on any atom is 0.407 e. The first-order chi connectivity index (χ1) is 12.4. The van der Waals surface area contributed by atoms with Gasteiger partial charge in [-0.05, 0) is 32.9 Å². The van der Waals surface area contributed by atoms with Gasteiger partial charge < -0.3 is 25.2 Å². The molecule has 2 N–H and O–H groups in total. The number of benzene rings is 1. The van der Waals surface area contributed by atoms with Gasteiger partial charge in [0.2, 0.25) is 0 Å². The van der Waals surface area contributed by atoms with Crippen LogP contribution in [0, 0.1) is 0 Å². The van der Waals surface area contributed by atoms with Gasteiger partial charge in [-0.2, -0.15) is 0 Å². The van der Waals surface area contributed by atoms with Crippen molar-refractivity contribution in [2.45, 2.75) is 26.4 Å². The van der Waals surface area contributed by atoms with Crippen LogP contribution in [-0.2, 0) is 4.74 Å². The zero-order chi connectivity index (χ0) is 19.0. The number of nitrogens with one attached hydrogen (secondary N) is 2. The highest BCUT2D eigenvalue weighted by Crippen LogP contribution is 2.15. The number of anilines is 1. The van der Waals surface area contributed by atoms with Crippen LogP contribution in [0.1, 0.15) is 20.8 Å². The van der Waals surface area contributed by atoms with E-state index in [1.165, 1.54) is 5.69 Å². The van der Waals surface area contributed by atoms with E-state index in [0.717, 1.165) is 32.1 Å². The molecule has 1 aromatic rings. The van der Waals surface area contributed by atoms with Crippen molar-refractivity contribution < 1.29 is 9.53 Å². The van der Waals surface area contributed by atoms with Crippen LogP contribution in [0.4, 0.5) is 10.5 Å². The fourth-order valence-corrected chi connectivity index (χ4v) is 2.80. The van der Waals surface area contributed by atoms with Crippen molar-refractivity contribution in [1.82, 2.24) is 15.5 Å². The van der Waals surface area contributed by atoms with Crippen LogP contribution < -0.4 is 15.5 Å². The monoisotopic (exact) mass is 489 g/mol. The number of para-hydroxylation sites is 1. The van der Waals surface area contributed by atoms with E-state index in [1.54, 1.807) is 7.05 Å². The van der Waals surface area contributed by atoms with E-state index in [4.69, 9.17) is 4.74 Å². The van der Waals surface area contributed by atoms with Gasteiger partial charge in [0.1, 0.15) is 5.60 Å². The standard InChI is InChI=1S/C19H31N5O2.HI/c1-19(2,3)26-18(25)22-11-10-21-17(20-4)24-14-12-23(13-15-24)16-8-6-5-7-9-16;/h5-9H,10-15H2,1-4H3,(H,20,21)(H,22,25);1H. The number of rotatable bonds is 4. The Morgan fingerprint density at radius 3 is 2.22 bits per heavy atom. The lowest BCUT2D eigenvalue weighted by molar-refractivity contribution is 0.0529. The Labute approximate surface area is 179 Å². The van der Waals surface area contributed by atoms with Crippen LogP contribution in [0.2, 0.25) is 0 Å². The van der Waals surface area contributed by atoms with E-state index < -0.39 is 11.7 Å². The number of aliphatic imine (C=N–C) groups is 1. The highest BCUT2D eigenvalue weighted by atomic mass is 127. The Balaban J connectivity index is 0.00000364. The number of amides is 1. The number of halogens is 1. The third-order valence-electron chi connectivity index (χ3n) is 3.99. The van der Waals surface area contributed by atoms with Crippen LogP contribution in [0.5, 0.6) is 0 Å². The number of piperazine rings is 1. The Bertz CT molecular complexity index is 596. The first kappa shape index (κ1) is 23.3. The summed E-state index contributed by atoms with van der Waals surface area (Å²) in [4.78, 5) is 20.6. The predicted molar refractivity (Wildman–Crippen MR) is 121 cm³/mol. The minimum Gasteiger partial charge on any atom is -0.444 e. The van der Waals surface area contributed by atoms with Crippen molar-refractivity contribution in [3.63, 3.8) is 0 Å². The first-order valence-electron chi connectivity index (χ1n) is 9.11. The summed E-state index contributed by atoms with van der Waals surface area (Å²) in [5.74, 6) is 0.865. The van der Waals surface area contributed by atoms with Gasteiger partial charge in [0.25, 0.3) is 0 Å². The summed E-state index contributed by atoms with van der Waals surface area (Å²) in [6.45, 7) is 10.4. The van der Waals surface area contributed by atoms with Gasteiger partial charge in [-0.1, -0.05) is 18.2 Å². The van der Waals surface area contributed by atoms with E-state index in [-0.39, 0.29) is 24.0 Å². The summed E-state index contributed by atoms with van der Waals surface area (Å²) < 4.78 is 5.22. The van der Waals surface area contributed by atoms with Gasteiger partial charge in [-0.25, -0.2) is 4.79 Å². The molecule has 8 heteroatoms. The van der Waals surface area contributed by atoms with Crippen molar-refractivity contribution in [3.8, 4) is 0 Å². The lowest BCUT2D eigenvalue weighted by Gasteiger charge is -2.37. The van der Waals surface area contributed by atoms with Gasteiger partial charge in [0.05, 0.1) is 0 Å². The van der Waals surface area contributed by atoms with Crippen LogP contribution in [0.25, 0.3) is 0 Å². The molecular formula is C19H32IN5O2. The molecule has 0 atom stereocenters. The van der Waals surface area contributed by atoms with Crippen LogP contribution in [0.15, 0.2) is 35.3 Å². The lowest BCUT2D eigenvalue weighted by atomic mass is 10.2. The van der Waals surface area contributed by atoms with E-state index >= 15 is 0 Å². The molecular weight excluding hydrogens is 457 g/mol. The zero-order valence-electron chi connectivity index (χ0n) is 16.7. The van der Waals surface area contributed by atoms with Gasteiger partial charge in [0, 0.05) is 52.0 Å².